The third kappa shape index (κ3) is 4.68. The van der Waals surface area contributed by atoms with Crippen molar-refractivity contribution in [3.63, 3.8) is 0 Å². The maximum atomic E-state index is 12.7. The number of piperidine rings is 1. The van der Waals surface area contributed by atoms with Crippen molar-refractivity contribution in [1.82, 2.24) is 4.90 Å². The Bertz CT molecular complexity index is 945. The maximum absolute atomic E-state index is 12.7. The zero-order valence-electron chi connectivity index (χ0n) is 18.2. The summed E-state index contributed by atoms with van der Waals surface area (Å²) in [5.41, 5.74) is 1.33. The van der Waals surface area contributed by atoms with Gasteiger partial charge in [-0.05, 0) is 36.2 Å². The number of Topliss-reactive ketones (excluding diaryl/α,β-unsaturated/α-hetero) is 1. The third-order valence-corrected chi connectivity index (χ3v) is 6.24. The molecule has 6 nitrogen and oxygen atoms in total. The molecule has 1 amide bonds. The molecule has 1 saturated heterocycles. The number of hydrogen-bond donors (Lipinski definition) is 0. The molecular formula is C25H29NO5. The maximum Gasteiger partial charge on any atom is 0.226 e. The lowest BCUT2D eigenvalue weighted by Gasteiger charge is -2.44. The normalized spacial score (nSPS) is 17.1. The number of ketones is 1. The molecule has 0 radical (unpaired) electrons. The largest absolute Gasteiger partial charge is 0.497 e. The van der Waals surface area contributed by atoms with Gasteiger partial charge in [0.05, 0.1) is 32.1 Å². The Morgan fingerprint density at radius 2 is 1.81 bits per heavy atom. The van der Waals surface area contributed by atoms with Crippen LogP contribution in [0, 0.1) is 0 Å². The van der Waals surface area contributed by atoms with E-state index in [1.165, 1.54) is 5.56 Å². The summed E-state index contributed by atoms with van der Waals surface area (Å²) in [6, 6.07) is 13.3. The summed E-state index contributed by atoms with van der Waals surface area (Å²) in [6.45, 7) is 3.63. The summed E-state index contributed by atoms with van der Waals surface area (Å²) in [6.07, 6.45) is 2.96. The Labute approximate surface area is 183 Å². The van der Waals surface area contributed by atoms with E-state index in [-0.39, 0.29) is 11.7 Å². The third-order valence-electron chi connectivity index (χ3n) is 6.24. The van der Waals surface area contributed by atoms with Crippen LogP contribution in [0.3, 0.4) is 0 Å². The van der Waals surface area contributed by atoms with Gasteiger partial charge in [-0.25, -0.2) is 0 Å². The fraction of sp³-hybridized carbons (Fsp3) is 0.440. The van der Waals surface area contributed by atoms with Crippen molar-refractivity contribution >= 4 is 11.7 Å². The van der Waals surface area contributed by atoms with Crippen LogP contribution in [0.1, 0.15) is 48.5 Å². The summed E-state index contributed by atoms with van der Waals surface area (Å²) in [7, 11) is 1.59. The first-order valence-corrected chi connectivity index (χ1v) is 10.9. The molecule has 2 aliphatic heterocycles. The van der Waals surface area contributed by atoms with E-state index in [1.807, 2.05) is 29.2 Å². The predicted octanol–water partition coefficient (Wildman–Crippen LogP) is 4.05. The Balaban J connectivity index is 1.29. The lowest BCUT2D eigenvalue weighted by molar-refractivity contribution is -0.135. The van der Waals surface area contributed by atoms with Gasteiger partial charge in [0.2, 0.25) is 5.91 Å². The number of carbonyl (C=O) groups is 2. The smallest absolute Gasteiger partial charge is 0.226 e. The van der Waals surface area contributed by atoms with Crippen LogP contribution in [0.2, 0.25) is 0 Å². The van der Waals surface area contributed by atoms with Crippen molar-refractivity contribution < 1.29 is 23.8 Å². The van der Waals surface area contributed by atoms with E-state index in [1.54, 1.807) is 25.3 Å². The van der Waals surface area contributed by atoms with Gasteiger partial charge >= 0.3 is 0 Å². The number of carbonyl (C=O) groups excluding carboxylic acids is 2. The van der Waals surface area contributed by atoms with Crippen LogP contribution in [0.5, 0.6) is 17.2 Å². The minimum Gasteiger partial charge on any atom is -0.497 e. The molecule has 4 rings (SSSR count). The molecular weight excluding hydrogens is 394 g/mol. The number of benzene rings is 2. The highest BCUT2D eigenvalue weighted by atomic mass is 16.5. The summed E-state index contributed by atoms with van der Waals surface area (Å²) in [5.74, 6) is 2.19. The summed E-state index contributed by atoms with van der Waals surface area (Å²) < 4.78 is 17.3. The zero-order valence-corrected chi connectivity index (χ0v) is 18.2. The number of ether oxygens (including phenoxy) is 3. The molecule has 0 atom stereocenters. The van der Waals surface area contributed by atoms with Crippen LogP contribution < -0.4 is 14.2 Å². The van der Waals surface area contributed by atoms with Crippen molar-refractivity contribution in [1.29, 1.82) is 0 Å². The molecule has 1 fully saturated rings. The minimum atomic E-state index is -0.537. The fourth-order valence-corrected chi connectivity index (χ4v) is 4.28. The van der Waals surface area contributed by atoms with Crippen LogP contribution in [-0.2, 0) is 11.2 Å². The van der Waals surface area contributed by atoms with Gasteiger partial charge < -0.3 is 19.1 Å². The van der Waals surface area contributed by atoms with Crippen molar-refractivity contribution in [2.75, 3.05) is 26.8 Å². The molecule has 1 spiro atoms. The highest BCUT2D eigenvalue weighted by Gasteiger charge is 2.43. The van der Waals surface area contributed by atoms with E-state index < -0.39 is 5.60 Å². The molecule has 2 heterocycles. The molecule has 31 heavy (non-hydrogen) atoms. The molecule has 0 N–H and O–H groups in total. The summed E-state index contributed by atoms with van der Waals surface area (Å²) in [5, 5.41) is 0. The Kier molecular flexibility index (Phi) is 6.16. The molecule has 6 heteroatoms. The first kappa shape index (κ1) is 21.2. The SMILES string of the molecule is CCc1ccc(OCCC(=O)N2CCC3(CC2)CC(=O)c2ccc(OC)cc2O3)cc1. The average Bonchev–Trinajstić information content (AvgIpc) is 2.79. The number of rotatable bonds is 6. The highest BCUT2D eigenvalue weighted by Crippen LogP contribution is 2.40. The Morgan fingerprint density at radius 1 is 1.10 bits per heavy atom. The molecule has 2 aromatic rings. The first-order chi connectivity index (χ1) is 15.0. The van der Waals surface area contributed by atoms with Crippen molar-refractivity contribution in [2.24, 2.45) is 0 Å². The molecule has 0 aromatic heterocycles. The van der Waals surface area contributed by atoms with Crippen LogP contribution in [0.4, 0.5) is 0 Å². The lowest BCUT2D eigenvalue weighted by Crippen LogP contribution is -2.52. The van der Waals surface area contributed by atoms with Gasteiger partial charge in [-0.3, -0.25) is 9.59 Å². The number of methoxy groups -OCH3 is 1. The van der Waals surface area contributed by atoms with E-state index in [0.717, 1.165) is 12.2 Å². The first-order valence-electron chi connectivity index (χ1n) is 10.9. The molecule has 0 aliphatic carbocycles. The molecule has 164 valence electrons. The summed E-state index contributed by atoms with van der Waals surface area (Å²) in [4.78, 5) is 27.2. The van der Waals surface area contributed by atoms with E-state index in [2.05, 4.69) is 6.92 Å². The summed E-state index contributed by atoms with van der Waals surface area (Å²) >= 11 is 0. The number of likely N-dealkylation sites (tertiary alicyclic amines) is 1. The Morgan fingerprint density at radius 3 is 2.48 bits per heavy atom. The number of hydrogen-bond acceptors (Lipinski definition) is 5. The van der Waals surface area contributed by atoms with E-state index in [0.29, 0.717) is 62.4 Å². The number of aryl methyl sites for hydroxylation is 1. The minimum absolute atomic E-state index is 0.0734. The second-order valence-electron chi connectivity index (χ2n) is 8.22. The second kappa shape index (κ2) is 9.00. The van der Waals surface area contributed by atoms with Crippen LogP contribution >= 0.6 is 0 Å². The van der Waals surface area contributed by atoms with Crippen LogP contribution in [-0.4, -0.2) is 49.0 Å². The van der Waals surface area contributed by atoms with Gasteiger partial charge in [0.15, 0.2) is 5.78 Å². The zero-order chi connectivity index (χ0) is 21.8. The van der Waals surface area contributed by atoms with Crippen LogP contribution in [0.15, 0.2) is 42.5 Å². The standard InChI is InChI=1S/C25H29NO5/c1-3-18-4-6-19(7-5-18)30-15-10-24(28)26-13-11-25(12-14-26)17-22(27)21-9-8-20(29-2)16-23(21)31-25/h4-9,16H,3,10-15,17H2,1-2H3. The van der Waals surface area contributed by atoms with E-state index in [4.69, 9.17) is 14.2 Å². The number of amides is 1. The molecule has 0 saturated carbocycles. The van der Waals surface area contributed by atoms with E-state index >= 15 is 0 Å². The lowest BCUT2D eigenvalue weighted by atomic mass is 9.82. The van der Waals surface area contributed by atoms with Gasteiger partial charge in [-0.2, -0.15) is 0 Å². The molecule has 2 aromatic carbocycles. The van der Waals surface area contributed by atoms with Gasteiger partial charge in [-0.1, -0.05) is 19.1 Å². The van der Waals surface area contributed by atoms with Crippen molar-refractivity contribution in [3.8, 4) is 17.2 Å². The van der Waals surface area contributed by atoms with Crippen molar-refractivity contribution in [3.05, 3.63) is 53.6 Å². The van der Waals surface area contributed by atoms with Gasteiger partial charge in [0.1, 0.15) is 22.8 Å². The van der Waals surface area contributed by atoms with Gasteiger partial charge in [0, 0.05) is 32.0 Å². The van der Waals surface area contributed by atoms with Crippen LogP contribution in [0.25, 0.3) is 0 Å². The topological polar surface area (TPSA) is 65.1 Å². The van der Waals surface area contributed by atoms with Gasteiger partial charge in [0.25, 0.3) is 0 Å². The average molecular weight is 424 g/mol. The van der Waals surface area contributed by atoms with Gasteiger partial charge in [-0.15, -0.1) is 0 Å². The second-order valence-corrected chi connectivity index (χ2v) is 8.22. The predicted molar refractivity (Wildman–Crippen MR) is 117 cm³/mol. The molecule has 0 bridgehead atoms. The van der Waals surface area contributed by atoms with Crippen molar-refractivity contribution in [2.45, 2.75) is 44.6 Å². The highest BCUT2D eigenvalue weighted by molar-refractivity contribution is 6.00. The van der Waals surface area contributed by atoms with E-state index in [9.17, 15) is 9.59 Å². The monoisotopic (exact) mass is 423 g/mol. The Hall–Kier alpha value is -3.02. The quantitative estimate of drug-likeness (QED) is 0.701. The fourth-order valence-electron chi connectivity index (χ4n) is 4.28. The number of fused-ring (bicyclic) bond motifs is 1. The molecule has 2 aliphatic rings. The molecule has 0 unspecified atom stereocenters. The number of nitrogens with zero attached hydrogens (tertiary/aromatic N) is 1.